The van der Waals surface area contributed by atoms with Crippen molar-refractivity contribution in [2.45, 2.75) is 22.6 Å². The van der Waals surface area contributed by atoms with Crippen LogP contribution in [0.1, 0.15) is 5.56 Å². The number of fused-ring (bicyclic) bond motifs is 1. The predicted octanol–water partition coefficient (Wildman–Crippen LogP) is 2.49. The highest BCUT2D eigenvalue weighted by molar-refractivity contribution is 7.93. The summed E-state index contributed by atoms with van der Waals surface area (Å²) in [5.74, 6) is -0.470. The Hall–Kier alpha value is -2.99. The molecule has 0 aliphatic rings. The predicted molar refractivity (Wildman–Crippen MR) is 116 cm³/mol. The van der Waals surface area contributed by atoms with E-state index >= 15 is 0 Å². The SMILES string of the molecule is O=S(=O)(Cc1ccc[n+](CO)c1)c1ncc(Cl)cc1NS(=O)(=O)c1cc2ccccc2o1. The van der Waals surface area contributed by atoms with Crippen molar-refractivity contribution in [3.05, 3.63) is 77.7 Å². The second-order valence-corrected chi connectivity index (χ2v) is 10.8. The third-order valence-corrected chi connectivity index (χ3v) is 7.52. The molecule has 3 heterocycles. The number of sulfone groups is 1. The van der Waals surface area contributed by atoms with E-state index in [9.17, 15) is 21.9 Å². The number of aliphatic hydroxyl groups is 1. The van der Waals surface area contributed by atoms with Crippen LogP contribution in [-0.4, -0.2) is 26.9 Å². The Labute approximate surface area is 188 Å². The smallest absolute Gasteiger partial charge is 0.295 e. The zero-order valence-electron chi connectivity index (χ0n) is 16.3. The van der Waals surface area contributed by atoms with Gasteiger partial charge in [0.05, 0.1) is 16.5 Å². The van der Waals surface area contributed by atoms with Gasteiger partial charge in [0.15, 0.2) is 17.4 Å². The zero-order valence-corrected chi connectivity index (χ0v) is 18.7. The molecule has 0 aliphatic carbocycles. The van der Waals surface area contributed by atoms with Crippen LogP contribution in [0.25, 0.3) is 11.0 Å². The number of halogens is 1. The summed E-state index contributed by atoms with van der Waals surface area (Å²) in [4.78, 5) is 3.88. The number of hydrogen-bond acceptors (Lipinski definition) is 7. The van der Waals surface area contributed by atoms with E-state index in [2.05, 4.69) is 9.71 Å². The number of rotatable bonds is 7. The topological polar surface area (TPSA) is 130 Å². The number of aliphatic hydroxyl groups excluding tert-OH is 1. The van der Waals surface area contributed by atoms with E-state index in [-0.39, 0.29) is 22.5 Å². The average molecular weight is 495 g/mol. The van der Waals surface area contributed by atoms with Gasteiger partial charge in [-0.3, -0.25) is 4.72 Å². The van der Waals surface area contributed by atoms with Crippen molar-refractivity contribution in [1.82, 2.24) is 4.98 Å². The molecule has 3 aromatic heterocycles. The standard InChI is InChI=1S/C20H17ClN3O6S2/c21-16-9-17(23-32(28,29)19-8-15-5-1-2-6-18(15)30-19)20(22-10-16)31(26,27)12-14-4-3-7-24(11-14)13-25/h1-11,23,25H,12-13H2/q+1. The average Bonchev–Trinajstić information content (AvgIpc) is 3.18. The van der Waals surface area contributed by atoms with Crippen LogP contribution in [0.2, 0.25) is 5.02 Å². The number of benzene rings is 1. The number of nitrogens with one attached hydrogen (secondary N) is 1. The molecule has 0 unspecified atom stereocenters. The van der Waals surface area contributed by atoms with Crippen LogP contribution in [0.3, 0.4) is 0 Å². The van der Waals surface area contributed by atoms with Gasteiger partial charge < -0.3 is 9.52 Å². The molecule has 0 atom stereocenters. The van der Waals surface area contributed by atoms with Crippen LogP contribution < -0.4 is 9.29 Å². The minimum Gasteiger partial charge on any atom is -0.443 e. The summed E-state index contributed by atoms with van der Waals surface area (Å²) in [6.45, 7) is -0.324. The fourth-order valence-electron chi connectivity index (χ4n) is 3.07. The Morgan fingerprint density at radius 1 is 1.09 bits per heavy atom. The fraction of sp³-hybridized carbons (Fsp3) is 0.100. The summed E-state index contributed by atoms with van der Waals surface area (Å²) in [5.41, 5.74) is 0.444. The quantitative estimate of drug-likeness (QED) is 0.377. The molecular formula is C20H17ClN3O6S2+. The van der Waals surface area contributed by atoms with E-state index in [1.54, 1.807) is 42.6 Å². The molecule has 0 bridgehead atoms. The lowest BCUT2D eigenvalue weighted by Crippen LogP contribution is -2.33. The van der Waals surface area contributed by atoms with Gasteiger partial charge in [0.1, 0.15) is 5.58 Å². The van der Waals surface area contributed by atoms with Crippen molar-refractivity contribution in [3.63, 3.8) is 0 Å². The third-order valence-electron chi connectivity index (χ3n) is 4.46. The molecule has 0 amide bonds. The molecule has 0 spiro atoms. The lowest BCUT2D eigenvalue weighted by molar-refractivity contribution is -0.730. The zero-order chi connectivity index (χ0) is 22.9. The molecule has 0 radical (unpaired) electrons. The Kier molecular flexibility index (Phi) is 5.91. The number of hydrogen-bond donors (Lipinski definition) is 2. The largest absolute Gasteiger partial charge is 0.443 e. The summed E-state index contributed by atoms with van der Waals surface area (Å²) in [7, 11) is -8.36. The maximum Gasteiger partial charge on any atom is 0.295 e. The second kappa shape index (κ2) is 8.51. The first-order chi connectivity index (χ1) is 15.2. The summed E-state index contributed by atoms with van der Waals surface area (Å²) in [6.07, 6.45) is 4.15. The molecule has 9 nitrogen and oxygen atoms in total. The van der Waals surface area contributed by atoms with Gasteiger partial charge in [0.25, 0.3) is 10.0 Å². The van der Waals surface area contributed by atoms with Crippen molar-refractivity contribution in [2.24, 2.45) is 0 Å². The Bertz CT molecular complexity index is 1480. The minimum atomic E-state index is -4.28. The lowest BCUT2D eigenvalue weighted by atomic mass is 10.3. The van der Waals surface area contributed by atoms with Crippen LogP contribution in [0.4, 0.5) is 5.69 Å². The highest BCUT2D eigenvalue weighted by Crippen LogP contribution is 2.29. The highest BCUT2D eigenvalue weighted by atomic mass is 35.5. The molecule has 0 aliphatic heterocycles. The summed E-state index contributed by atoms with van der Waals surface area (Å²) < 4.78 is 60.9. The maximum absolute atomic E-state index is 13.1. The first-order valence-electron chi connectivity index (χ1n) is 9.16. The molecule has 32 heavy (non-hydrogen) atoms. The molecular weight excluding hydrogens is 478 g/mol. The van der Waals surface area contributed by atoms with E-state index in [0.29, 0.717) is 16.5 Å². The Morgan fingerprint density at radius 2 is 1.88 bits per heavy atom. The van der Waals surface area contributed by atoms with Gasteiger partial charge in [-0.2, -0.15) is 13.0 Å². The van der Waals surface area contributed by atoms with Gasteiger partial charge >= 0.3 is 0 Å². The Morgan fingerprint density at radius 3 is 2.62 bits per heavy atom. The van der Waals surface area contributed by atoms with E-state index in [4.69, 9.17) is 16.0 Å². The highest BCUT2D eigenvalue weighted by Gasteiger charge is 2.27. The summed E-state index contributed by atoms with van der Waals surface area (Å²) in [5, 5.41) is 9.00. The van der Waals surface area contributed by atoms with Crippen molar-refractivity contribution in [1.29, 1.82) is 0 Å². The van der Waals surface area contributed by atoms with Crippen molar-refractivity contribution < 1.29 is 30.9 Å². The van der Waals surface area contributed by atoms with Gasteiger partial charge in [0, 0.05) is 29.3 Å². The number of furan rings is 1. The van der Waals surface area contributed by atoms with Crippen LogP contribution >= 0.6 is 11.6 Å². The number of sulfonamides is 1. The Balaban J connectivity index is 1.71. The maximum atomic E-state index is 13.1. The number of pyridine rings is 2. The van der Waals surface area contributed by atoms with Gasteiger partial charge in [-0.25, -0.2) is 13.4 Å². The molecule has 166 valence electrons. The van der Waals surface area contributed by atoms with E-state index in [1.165, 1.54) is 22.9 Å². The van der Waals surface area contributed by atoms with E-state index < -0.39 is 30.6 Å². The molecule has 0 saturated heterocycles. The summed E-state index contributed by atoms with van der Waals surface area (Å²) >= 11 is 5.96. The minimum absolute atomic E-state index is 0.0455. The monoisotopic (exact) mass is 494 g/mol. The van der Waals surface area contributed by atoms with Gasteiger partial charge in [0.2, 0.25) is 21.7 Å². The number of nitrogens with zero attached hydrogens (tertiary/aromatic N) is 2. The first kappa shape index (κ1) is 22.2. The number of anilines is 1. The van der Waals surface area contributed by atoms with Crippen molar-refractivity contribution in [3.8, 4) is 0 Å². The van der Waals surface area contributed by atoms with Gasteiger partial charge in [-0.15, -0.1) is 0 Å². The normalized spacial score (nSPS) is 12.2. The van der Waals surface area contributed by atoms with Crippen LogP contribution in [0, 0.1) is 0 Å². The third kappa shape index (κ3) is 4.60. The molecule has 1 aromatic carbocycles. The summed E-state index contributed by atoms with van der Waals surface area (Å²) in [6, 6.07) is 12.4. The van der Waals surface area contributed by atoms with Crippen molar-refractivity contribution in [2.75, 3.05) is 4.72 Å². The van der Waals surface area contributed by atoms with Crippen LogP contribution in [0.15, 0.2) is 81.7 Å². The van der Waals surface area contributed by atoms with E-state index in [1.807, 2.05) is 0 Å². The molecule has 4 rings (SSSR count). The fourth-order valence-corrected chi connectivity index (χ4v) is 5.72. The van der Waals surface area contributed by atoms with Crippen LogP contribution in [0.5, 0.6) is 0 Å². The molecule has 0 saturated carbocycles. The lowest BCUT2D eigenvalue weighted by Gasteiger charge is -2.11. The van der Waals surface area contributed by atoms with Gasteiger partial charge in [-0.1, -0.05) is 29.8 Å². The molecule has 12 heteroatoms. The van der Waals surface area contributed by atoms with Crippen molar-refractivity contribution >= 4 is 48.1 Å². The van der Waals surface area contributed by atoms with E-state index in [0.717, 1.165) is 6.20 Å². The second-order valence-electron chi connectivity index (χ2n) is 6.84. The molecule has 2 N–H and O–H groups in total. The van der Waals surface area contributed by atoms with Crippen LogP contribution in [-0.2, 0) is 32.3 Å². The number of para-hydroxylation sites is 1. The van der Waals surface area contributed by atoms with Gasteiger partial charge in [-0.05, 0) is 18.2 Å². The molecule has 0 fully saturated rings. The molecule has 4 aromatic rings. The number of aromatic nitrogens is 2. The first-order valence-corrected chi connectivity index (χ1v) is 12.7.